The van der Waals surface area contributed by atoms with Crippen LogP contribution in [0, 0.1) is 0 Å². The highest BCUT2D eigenvalue weighted by Crippen LogP contribution is 2.27. The molecule has 0 spiro atoms. The van der Waals surface area contributed by atoms with E-state index >= 15 is 0 Å². The Bertz CT molecular complexity index is 1100. The summed E-state index contributed by atoms with van der Waals surface area (Å²) in [5, 5.41) is 2.76. The second-order valence-corrected chi connectivity index (χ2v) is 10.1. The van der Waals surface area contributed by atoms with Crippen molar-refractivity contribution in [1.82, 2.24) is 10.2 Å². The Kier molecular flexibility index (Phi) is 7.81. The van der Waals surface area contributed by atoms with Crippen molar-refractivity contribution in [2.75, 3.05) is 37.3 Å². The first-order valence-corrected chi connectivity index (χ1v) is 12.9. The second kappa shape index (κ2) is 10.4. The van der Waals surface area contributed by atoms with Gasteiger partial charge in [0.25, 0.3) is 21.8 Å². The van der Waals surface area contributed by atoms with E-state index in [2.05, 4.69) is 10.0 Å². The highest BCUT2D eigenvalue weighted by molar-refractivity contribution is 7.98. The Morgan fingerprint density at radius 2 is 1.75 bits per heavy atom. The Morgan fingerprint density at radius 3 is 2.41 bits per heavy atom. The van der Waals surface area contributed by atoms with Crippen LogP contribution in [0.3, 0.4) is 0 Å². The van der Waals surface area contributed by atoms with Crippen molar-refractivity contribution in [3.63, 3.8) is 0 Å². The number of nitrogens with zero attached hydrogens (tertiary/aromatic N) is 1. The Balaban J connectivity index is 1.93. The van der Waals surface area contributed by atoms with E-state index in [1.807, 2.05) is 20.1 Å². The van der Waals surface area contributed by atoms with Crippen molar-refractivity contribution in [2.45, 2.75) is 29.7 Å². The van der Waals surface area contributed by atoms with Crippen molar-refractivity contribution in [3.8, 4) is 0 Å². The molecular weight excluding hydrogens is 450 g/mol. The molecule has 0 saturated carbocycles. The number of carbonyl (C=O) groups excluding carboxylic acids is 2. The molecule has 1 aliphatic heterocycles. The number of ether oxygens (including phenoxy) is 1. The van der Waals surface area contributed by atoms with Crippen LogP contribution in [0.4, 0.5) is 5.69 Å². The van der Waals surface area contributed by atoms with Gasteiger partial charge in [-0.15, -0.1) is 11.8 Å². The first-order valence-electron chi connectivity index (χ1n) is 10.2. The minimum absolute atomic E-state index is 0.0500. The van der Waals surface area contributed by atoms with Gasteiger partial charge in [-0.25, -0.2) is 8.42 Å². The van der Waals surface area contributed by atoms with Gasteiger partial charge in [0.05, 0.1) is 34.9 Å². The molecule has 0 aromatic heterocycles. The first kappa shape index (κ1) is 24.1. The lowest BCUT2D eigenvalue weighted by atomic mass is 10.1. The minimum atomic E-state index is -4.04. The van der Waals surface area contributed by atoms with Crippen molar-refractivity contribution in [2.24, 2.45) is 0 Å². The molecule has 0 bridgehead atoms. The number of amides is 2. The van der Waals surface area contributed by atoms with Crippen LogP contribution in [0.15, 0.2) is 52.3 Å². The molecule has 0 radical (unpaired) electrons. The van der Waals surface area contributed by atoms with Crippen LogP contribution in [-0.2, 0) is 14.8 Å². The lowest BCUT2D eigenvalue weighted by Crippen LogP contribution is -2.41. The summed E-state index contributed by atoms with van der Waals surface area (Å²) in [6.45, 7) is 5.47. The topological polar surface area (TPSA) is 105 Å². The largest absolute Gasteiger partial charge is 0.378 e. The highest BCUT2D eigenvalue weighted by Gasteiger charge is 2.25. The van der Waals surface area contributed by atoms with E-state index in [-0.39, 0.29) is 34.0 Å². The van der Waals surface area contributed by atoms with Crippen LogP contribution >= 0.6 is 11.8 Å². The number of hydrogen-bond acceptors (Lipinski definition) is 6. The number of thioether (sulfide) groups is 1. The van der Waals surface area contributed by atoms with Gasteiger partial charge in [0.1, 0.15) is 0 Å². The van der Waals surface area contributed by atoms with Crippen molar-refractivity contribution in [1.29, 1.82) is 0 Å². The molecule has 2 aromatic rings. The summed E-state index contributed by atoms with van der Waals surface area (Å²) >= 11 is 1.38. The molecule has 2 aromatic carbocycles. The van der Waals surface area contributed by atoms with Crippen molar-refractivity contribution < 1.29 is 22.7 Å². The molecule has 0 atom stereocenters. The number of benzene rings is 2. The molecule has 0 unspecified atom stereocenters. The van der Waals surface area contributed by atoms with Crippen LogP contribution in [0.25, 0.3) is 0 Å². The van der Waals surface area contributed by atoms with Crippen LogP contribution in [0.1, 0.15) is 34.6 Å². The zero-order valence-corrected chi connectivity index (χ0v) is 19.9. The maximum atomic E-state index is 13.2. The van der Waals surface area contributed by atoms with Crippen molar-refractivity contribution in [3.05, 3.63) is 53.6 Å². The van der Waals surface area contributed by atoms with Crippen LogP contribution in [0.2, 0.25) is 0 Å². The number of rotatable bonds is 7. The maximum Gasteiger partial charge on any atom is 0.261 e. The molecule has 32 heavy (non-hydrogen) atoms. The summed E-state index contributed by atoms with van der Waals surface area (Å²) in [5.41, 5.74) is 0.712. The lowest BCUT2D eigenvalue weighted by Gasteiger charge is -2.27. The third kappa shape index (κ3) is 5.62. The minimum Gasteiger partial charge on any atom is -0.378 e. The number of carbonyl (C=O) groups is 2. The number of anilines is 1. The standard InChI is InChI=1S/C22H27N3O5S2/c1-15(2)23-21(26)17-6-4-5-7-19(17)24-32(28,29)16-8-9-20(31-3)18(14-16)22(27)25-10-12-30-13-11-25/h4-9,14-15,24H,10-13H2,1-3H3,(H,23,26). The van der Waals surface area contributed by atoms with Gasteiger partial charge in [-0.2, -0.15) is 0 Å². The zero-order valence-electron chi connectivity index (χ0n) is 18.3. The quantitative estimate of drug-likeness (QED) is 0.594. The molecule has 3 rings (SSSR count). The van der Waals surface area contributed by atoms with Gasteiger partial charge in [0.15, 0.2) is 0 Å². The Morgan fingerprint density at radius 1 is 1.06 bits per heavy atom. The van der Waals surface area contributed by atoms with E-state index in [1.54, 1.807) is 29.2 Å². The third-order valence-corrected chi connectivity index (χ3v) is 7.00. The summed E-state index contributed by atoms with van der Waals surface area (Å²) in [6.07, 6.45) is 1.83. The summed E-state index contributed by atoms with van der Waals surface area (Å²) in [4.78, 5) is 27.8. The van der Waals surface area contributed by atoms with Crippen molar-refractivity contribution >= 4 is 39.3 Å². The number of morpholine rings is 1. The first-order chi connectivity index (χ1) is 15.2. The van der Waals surface area contributed by atoms with Gasteiger partial charge in [-0.1, -0.05) is 12.1 Å². The number of hydrogen-bond donors (Lipinski definition) is 2. The summed E-state index contributed by atoms with van der Waals surface area (Å²) in [7, 11) is -4.04. The van der Waals surface area contributed by atoms with Gasteiger partial charge in [-0.05, 0) is 50.4 Å². The fraction of sp³-hybridized carbons (Fsp3) is 0.364. The SMILES string of the molecule is CSc1ccc(S(=O)(=O)Nc2ccccc2C(=O)NC(C)C)cc1C(=O)N1CCOCC1. The predicted octanol–water partition coefficient (Wildman–Crippen LogP) is 2.82. The van der Waals surface area contributed by atoms with Gasteiger partial charge >= 0.3 is 0 Å². The van der Waals surface area contributed by atoms with Gasteiger partial charge in [0, 0.05) is 24.0 Å². The lowest BCUT2D eigenvalue weighted by molar-refractivity contribution is 0.0300. The third-order valence-electron chi connectivity index (χ3n) is 4.85. The highest BCUT2D eigenvalue weighted by atomic mass is 32.2. The monoisotopic (exact) mass is 477 g/mol. The van der Waals surface area contributed by atoms with E-state index in [1.165, 1.54) is 30.0 Å². The van der Waals surface area contributed by atoms with E-state index in [0.29, 0.717) is 36.8 Å². The summed E-state index contributed by atoms with van der Waals surface area (Å²) in [5.74, 6) is -0.606. The van der Waals surface area contributed by atoms with Gasteiger partial charge < -0.3 is 15.0 Å². The summed E-state index contributed by atoms with van der Waals surface area (Å²) < 4.78 is 34.1. The summed E-state index contributed by atoms with van der Waals surface area (Å²) in [6, 6.07) is 10.8. The molecular formula is C22H27N3O5S2. The van der Waals surface area contributed by atoms with Crippen LogP contribution in [-0.4, -0.2) is 63.7 Å². The van der Waals surface area contributed by atoms with Crippen LogP contribution < -0.4 is 10.0 Å². The normalized spacial score (nSPS) is 14.3. The number of nitrogens with one attached hydrogen (secondary N) is 2. The average molecular weight is 478 g/mol. The number of para-hydroxylation sites is 1. The Labute approximate surface area is 192 Å². The maximum absolute atomic E-state index is 13.2. The fourth-order valence-electron chi connectivity index (χ4n) is 3.27. The molecule has 1 fully saturated rings. The van der Waals surface area contributed by atoms with E-state index in [0.717, 1.165) is 0 Å². The molecule has 1 aliphatic rings. The predicted molar refractivity (Wildman–Crippen MR) is 125 cm³/mol. The van der Waals surface area contributed by atoms with E-state index in [9.17, 15) is 18.0 Å². The molecule has 8 nitrogen and oxygen atoms in total. The van der Waals surface area contributed by atoms with E-state index in [4.69, 9.17) is 4.74 Å². The Hall–Kier alpha value is -2.56. The van der Waals surface area contributed by atoms with Crippen LogP contribution in [0.5, 0.6) is 0 Å². The average Bonchev–Trinajstić information content (AvgIpc) is 2.78. The molecule has 10 heteroatoms. The molecule has 0 aliphatic carbocycles. The second-order valence-electron chi connectivity index (χ2n) is 7.55. The number of sulfonamides is 1. The zero-order chi connectivity index (χ0) is 23.3. The molecule has 1 saturated heterocycles. The molecule has 2 amide bonds. The smallest absolute Gasteiger partial charge is 0.261 e. The fourth-order valence-corrected chi connectivity index (χ4v) is 4.95. The molecule has 1 heterocycles. The molecule has 2 N–H and O–H groups in total. The molecule has 172 valence electrons. The van der Waals surface area contributed by atoms with Gasteiger partial charge in [0.2, 0.25) is 0 Å². The van der Waals surface area contributed by atoms with Gasteiger partial charge in [-0.3, -0.25) is 14.3 Å². The van der Waals surface area contributed by atoms with E-state index < -0.39 is 10.0 Å².